The van der Waals surface area contributed by atoms with Crippen LogP contribution >= 0.6 is 11.6 Å². The van der Waals surface area contributed by atoms with Gasteiger partial charge in [-0.1, -0.05) is 31.4 Å². The fourth-order valence-electron chi connectivity index (χ4n) is 2.28. The van der Waals surface area contributed by atoms with Gasteiger partial charge in [0.2, 0.25) is 0 Å². The average molecular weight is 238 g/mol. The van der Waals surface area contributed by atoms with Crippen molar-refractivity contribution < 1.29 is 4.79 Å². The average Bonchev–Trinajstić information content (AvgIpc) is 2.30. The van der Waals surface area contributed by atoms with Crippen LogP contribution in [0, 0.1) is 11.8 Å². The summed E-state index contributed by atoms with van der Waals surface area (Å²) in [5.74, 6) is 1.20. The van der Waals surface area contributed by atoms with Gasteiger partial charge in [0.15, 0.2) is 5.78 Å². The summed E-state index contributed by atoms with van der Waals surface area (Å²) in [4.78, 5) is 16.1. The Hall–Kier alpha value is -0.890. The number of pyridine rings is 1. The van der Waals surface area contributed by atoms with Crippen molar-refractivity contribution in [2.24, 2.45) is 11.8 Å². The molecule has 1 aliphatic rings. The minimum Gasteiger partial charge on any atom is -0.294 e. The Morgan fingerprint density at radius 3 is 2.56 bits per heavy atom. The third-order valence-corrected chi connectivity index (χ3v) is 3.62. The van der Waals surface area contributed by atoms with Gasteiger partial charge in [0.1, 0.15) is 5.15 Å². The van der Waals surface area contributed by atoms with Gasteiger partial charge < -0.3 is 0 Å². The lowest BCUT2D eigenvalue weighted by Gasteiger charge is -2.24. The van der Waals surface area contributed by atoms with Crippen molar-refractivity contribution in [3.8, 4) is 0 Å². The summed E-state index contributed by atoms with van der Waals surface area (Å²) in [6, 6.07) is 3.45. The second kappa shape index (κ2) is 4.96. The molecule has 3 heteroatoms. The van der Waals surface area contributed by atoms with E-state index in [1.165, 1.54) is 0 Å². The van der Waals surface area contributed by atoms with Crippen LogP contribution in [0.1, 0.15) is 43.0 Å². The van der Waals surface area contributed by atoms with Crippen molar-refractivity contribution in [3.63, 3.8) is 0 Å². The van der Waals surface area contributed by atoms with Crippen molar-refractivity contribution in [1.82, 2.24) is 4.98 Å². The predicted octanol–water partition coefficient (Wildman–Crippen LogP) is 3.74. The molecule has 86 valence electrons. The summed E-state index contributed by atoms with van der Waals surface area (Å²) >= 11 is 5.70. The van der Waals surface area contributed by atoms with Crippen LogP contribution in [0.15, 0.2) is 18.3 Å². The van der Waals surface area contributed by atoms with E-state index >= 15 is 0 Å². The molecule has 0 atom stereocenters. The number of hydrogen-bond acceptors (Lipinski definition) is 2. The number of hydrogen-bond donors (Lipinski definition) is 0. The van der Waals surface area contributed by atoms with Crippen LogP contribution in [-0.4, -0.2) is 10.8 Å². The normalized spacial score (nSPS) is 25.4. The van der Waals surface area contributed by atoms with Crippen LogP contribution in [0.2, 0.25) is 5.15 Å². The van der Waals surface area contributed by atoms with Gasteiger partial charge in [-0.05, 0) is 30.9 Å². The van der Waals surface area contributed by atoms with E-state index in [9.17, 15) is 4.79 Å². The standard InChI is InChI=1S/C13H16ClNO/c1-9-2-4-10(5-3-9)13(16)11-6-7-12(14)15-8-11/h6-10H,2-5H2,1H3. The fraction of sp³-hybridized carbons (Fsp3) is 0.538. The largest absolute Gasteiger partial charge is 0.294 e. The van der Waals surface area contributed by atoms with Crippen molar-refractivity contribution >= 4 is 17.4 Å². The molecule has 1 aliphatic carbocycles. The molecule has 0 saturated heterocycles. The summed E-state index contributed by atoms with van der Waals surface area (Å²) in [5.41, 5.74) is 0.698. The molecule has 1 fully saturated rings. The molecule has 1 aromatic rings. The number of carbonyl (C=O) groups excluding carboxylic acids is 1. The number of aromatic nitrogens is 1. The quantitative estimate of drug-likeness (QED) is 0.579. The summed E-state index contributed by atoms with van der Waals surface area (Å²) in [5, 5.41) is 0.439. The van der Waals surface area contributed by atoms with E-state index in [2.05, 4.69) is 11.9 Å². The number of ketones is 1. The third kappa shape index (κ3) is 2.62. The van der Waals surface area contributed by atoms with Gasteiger partial charge >= 0.3 is 0 Å². The molecular formula is C13H16ClNO. The first kappa shape index (κ1) is 11.6. The van der Waals surface area contributed by atoms with Gasteiger partial charge in [0, 0.05) is 17.7 Å². The van der Waals surface area contributed by atoms with Crippen molar-refractivity contribution in [3.05, 3.63) is 29.0 Å². The molecule has 1 heterocycles. The summed E-state index contributed by atoms with van der Waals surface area (Å²) in [6.07, 6.45) is 5.95. The van der Waals surface area contributed by atoms with Gasteiger partial charge in [-0.3, -0.25) is 4.79 Å². The maximum absolute atomic E-state index is 12.1. The number of nitrogens with zero attached hydrogens (tertiary/aromatic N) is 1. The molecule has 1 aromatic heterocycles. The van der Waals surface area contributed by atoms with Crippen molar-refractivity contribution in [1.29, 1.82) is 0 Å². The molecular weight excluding hydrogens is 222 g/mol. The minimum atomic E-state index is 0.194. The maximum atomic E-state index is 12.1. The van der Waals surface area contributed by atoms with Crippen molar-refractivity contribution in [2.75, 3.05) is 0 Å². The Bertz CT molecular complexity index is 366. The molecule has 2 rings (SSSR count). The first-order valence-corrected chi connectivity index (χ1v) is 6.20. The van der Waals surface area contributed by atoms with E-state index in [0.29, 0.717) is 10.7 Å². The van der Waals surface area contributed by atoms with Gasteiger partial charge in [-0.2, -0.15) is 0 Å². The molecule has 0 bridgehead atoms. The fourth-order valence-corrected chi connectivity index (χ4v) is 2.39. The van der Waals surface area contributed by atoms with Gasteiger partial charge in [0.05, 0.1) is 0 Å². The highest BCUT2D eigenvalue weighted by Gasteiger charge is 2.25. The molecule has 0 spiro atoms. The molecule has 0 radical (unpaired) electrons. The SMILES string of the molecule is CC1CCC(C(=O)c2ccc(Cl)nc2)CC1. The lowest BCUT2D eigenvalue weighted by molar-refractivity contribution is 0.0875. The zero-order chi connectivity index (χ0) is 11.5. The Kier molecular flexibility index (Phi) is 3.59. The van der Waals surface area contributed by atoms with Crippen LogP contribution in [0.25, 0.3) is 0 Å². The molecule has 0 N–H and O–H groups in total. The maximum Gasteiger partial charge on any atom is 0.167 e. The molecule has 16 heavy (non-hydrogen) atoms. The molecule has 1 saturated carbocycles. The summed E-state index contributed by atoms with van der Waals surface area (Å²) in [6.45, 7) is 2.25. The number of carbonyl (C=O) groups is 1. The second-order valence-corrected chi connectivity index (χ2v) is 5.08. The molecule has 2 nitrogen and oxygen atoms in total. The summed E-state index contributed by atoms with van der Waals surface area (Å²) < 4.78 is 0. The van der Waals surface area contributed by atoms with Crippen LogP contribution in [0.3, 0.4) is 0 Å². The highest BCUT2D eigenvalue weighted by atomic mass is 35.5. The predicted molar refractivity (Wildman–Crippen MR) is 64.7 cm³/mol. The lowest BCUT2D eigenvalue weighted by Crippen LogP contribution is -2.21. The van der Waals surface area contributed by atoms with E-state index in [0.717, 1.165) is 31.6 Å². The zero-order valence-electron chi connectivity index (χ0n) is 9.45. The van der Waals surface area contributed by atoms with E-state index in [1.54, 1.807) is 18.3 Å². The lowest BCUT2D eigenvalue weighted by atomic mass is 9.79. The highest BCUT2D eigenvalue weighted by molar-refractivity contribution is 6.29. The third-order valence-electron chi connectivity index (χ3n) is 3.40. The first-order chi connectivity index (χ1) is 7.66. The van der Waals surface area contributed by atoms with Gasteiger partial charge in [-0.15, -0.1) is 0 Å². The number of Topliss-reactive ketones (excluding diaryl/α,β-unsaturated/α-hetero) is 1. The van der Waals surface area contributed by atoms with Crippen LogP contribution in [-0.2, 0) is 0 Å². The van der Waals surface area contributed by atoms with E-state index in [1.807, 2.05) is 0 Å². The minimum absolute atomic E-state index is 0.194. The van der Waals surface area contributed by atoms with Crippen LogP contribution in [0.4, 0.5) is 0 Å². The smallest absolute Gasteiger partial charge is 0.167 e. The Balaban J connectivity index is 2.05. The van der Waals surface area contributed by atoms with Crippen LogP contribution < -0.4 is 0 Å². The Morgan fingerprint density at radius 1 is 1.31 bits per heavy atom. The van der Waals surface area contributed by atoms with Gasteiger partial charge in [0.25, 0.3) is 0 Å². The summed E-state index contributed by atoms with van der Waals surface area (Å²) in [7, 11) is 0. The van der Waals surface area contributed by atoms with Gasteiger partial charge in [-0.25, -0.2) is 4.98 Å². The molecule has 0 amide bonds. The second-order valence-electron chi connectivity index (χ2n) is 4.69. The highest BCUT2D eigenvalue weighted by Crippen LogP contribution is 2.30. The Labute approximate surface area is 101 Å². The topological polar surface area (TPSA) is 30.0 Å². The van der Waals surface area contributed by atoms with Crippen LogP contribution in [0.5, 0.6) is 0 Å². The number of halogens is 1. The van der Waals surface area contributed by atoms with E-state index in [4.69, 9.17) is 11.6 Å². The van der Waals surface area contributed by atoms with E-state index in [-0.39, 0.29) is 11.7 Å². The Morgan fingerprint density at radius 2 is 2.00 bits per heavy atom. The molecule has 0 aromatic carbocycles. The zero-order valence-corrected chi connectivity index (χ0v) is 10.2. The van der Waals surface area contributed by atoms with E-state index < -0.39 is 0 Å². The molecule has 0 unspecified atom stereocenters. The number of rotatable bonds is 2. The monoisotopic (exact) mass is 237 g/mol. The molecule has 0 aliphatic heterocycles. The first-order valence-electron chi connectivity index (χ1n) is 5.82. The van der Waals surface area contributed by atoms with Crippen molar-refractivity contribution in [2.45, 2.75) is 32.6 Å².